The Hall–Kier alpha value is -1.61. The fourth-order valence-corrected chi connectivity index (χ4v) is 3.56. The number of hydrogen-bond donors (Lipinski definition) is 1. The number of hydrogen-bond acceptors (Lipinski definition) is 2. The lowest BCUT2D eigenvalue weighted by molar-refractivity contribution is 0.107. The first-order valence-corrected chi connectivity index (χ1v) is 8.02. The first kappa shape index (κ1) is 14.3. The zero-order valence-corrected chi connectivity index (χ0v) is 12.9. The van der Waals surface area contributed by atoms with E-state index in [4.69, 9.17) is 4.98 Å². The summed E-state index contributed by atoms with van der Waals surface area (Å²) in [5, 5.41) is 10.8. The van der Waals surface area contributed by atoms with E-state index >= 15 is 0 Å². The van der Waals surface area contributed by atoms with Crippen LogP contribution in [0.5, 0.6) is 0 Å². The van der Waals surface area contributed by atoms with Gasteiger partial charge in [-0.1, -0.05) is 37.3 Å². The van der Waals surface area contributed by atoms with Gasteiger partial charge in [-0.05, 0) is 44.6 Å². The number of benzene rings is 1. The first-order valence-electron chi connectivity index (χ1n) is 8.02. The van der Waals surface area contributed by atoms with Crippen LogP contribution in [0.4, 0.5) is 0 Å². The van der Waals surface area contributed by atoms with Crippen LogP contribution in [0.2, 0.25) is 0 Å². The molecule has 0 amide bonds. The number of aliphatic hydroxyl groups excluding tert-OH is 1. The van der Waals surface area contributed by atoms with Crippen molar-refractivity contribution in [1.29, 1.82) is 0 Å². The molecule has 0 bridgehead atoms. The van der Waals surface area contributed by atoms with Gasteiger partial charge in [-0.3, -0.25) is 0 Å². The normalized spacial score (nSPS) is 17.3. The minimum Gasteiger partial charge on any atom is -0.386 e. The molecule has 3 nitrogen and oxygen atoms in total. The highest BCUT2D eigenvalue weighted by atomic mass is 16.3. The van der Waals surface area contributed by atoms with Gasteiger partial charge in [0.2, 0.25) is 0 Å². The van der Waals surface area contributed by atoms with Crippen LogP contribution in [0.15, 0.2) is 30.3 Å². The molecule has 3 rings (SSSR count). The fraction of sp³-hybridized carbons (Fsp3) is 0.500. The van der Waals surface area contributed by atoms with Crippen molar-refractivity contribution >= 4 is 0 Å². The molecule has 112 valence electrons. The maximum atomic E-state index is 10.8. The molecule has 1 aromatic heterocycles. The van der Waals surface area contributed by atoms with Crippen LogP contribution in [0, 0.1) is 6.92 Å². The molecule has 0 saturated carbocycles. The molecule has 2 atom stereocenters. The number of imidazole rings is 1. The predicted molar refractivity (Wildman–Crippen MR) is 84.3 cm³/mol. The predicted octanol–water partition coefficient (Wildman–Crippen LogP) is 3.76. The quantitative estimate of drug-likeness (QED) is 0.928. The average molecular weight is 284 g/mol. The lowest BCUT2D eigenvalue weighted by Crippen LogP contribution is -2.21. The van der Waals surface area contributed by atoms with Gasteiger partial charge in [0, 0.05) is 5.69 Å². The van der Waals surface area contributed by atoms with Crippen LogP contribution in [0.1, 0.15) is 61.1 Å². The third-order valence-corrected chi connectivity index (χ3v) is 4.60. The van der Waals surface area contributed by atoms with Crippen LogP contribution in [-0.4, -0.2) is 14.7 Å². The zero-order valence-electron chi connectivity index (χ0n) is 12.9. The van der Waals surface area contributed by atoms with Gasteiger partial charge in [0.1, 0.15) is 5.82 Å². The number of fused-ring (bicyclic) bond motifs is 1. The fourth-order valence-electron chi connectivity index (χ4n) is 3.56. The molecule has 1 N–H and O–H groups in total. The molecule has 0 saturated heterocycles. The van der Waals surface area contributed by atoms with Crippen molar-refractivity contribution in [2.75, 3.05) is 0 Å². The number of aromatic nitrogens is 2. The summed E-state index contributed by atoms with van der Waals surface area (Å²) in [5.74, 6) is 1.05. The van der Waals surface area contributed by atoms with Crippen molar-refractivity contribution < 1.29 is 5.11 Å². The summed E-state index contributed by atoms with van der Waals surface area (Å²) in [4.78, 5) is 4.75. The molecule has 1 aromatic carbocycles. The number of rotatable bonds is 4. The third-order valence-electron chi connectivity index (χ3n) is 4.60. The summed E-state index contributed by atoms with van der Waals surface area (Å²) in [6.07, 6.45) is 5.07. The second-order valence-electron chi connectivity index (χ2n) is 5.96. The van der Waals surface area contributed by atoms with E-state index in [2.05, 4.69) is 18.4 Å². The highest BCUT2D eigenvalue weighted by Crippen LogP contribution is 2.34. The van der Waals surface area contributed by atoms with E-state index in [9.17, 15) is 5.11 Å². The minimum atomic E-state index is -0.477. The number of aliphatic hydroxyl groups is 1. The van der Waals surface area contributed by atoms with E-state index in [1.54, 1.807) is 0 Å². The molecule has 1 aliphatic rings. The first-order chi connectivity index (χ1) is 10.2. The second kappa shape index (κ2) is 6.02. The average Bonchev–Trinajstić information content (AvgIpc) is 2.85. The van der Waals surface area contributed by atoms with Crippen molar-refractivity contribution in [3.05, 3.63) is 53.1 Å². The van der Waals surface area contributed by atoms with Gasteiger partial charge in [-0.15, -0.1) is 0 Å². The Kier molecular flexibility index (Phi) is 4.11. The summed E-state index contributed by atoms with van der Waals surface area (Å²) >= 11 is 0. The van der Waals surface area contributed by atoms with Crippen molar-refractivity contribution in [1.82, 2.24) is 9.55 Å². The minimum absolute atomic E-state index is 0.0711. The molecule has 1 aliphatic carbocycles. The summed E-state index contributed by atoms with van der Waals surface area (Å²) in [6.45, 7) is 4.21. The van der Waals surface area contributed by atoms with E-state index in [1.165, 1.54) is 24.2 Å². The second-order valence-corrected chi connectivity index (χ2v) is 5.96. The Morgan fingerprint density at radius 2 is 1.90 bits per heavy atom. The highest BCUT2D eigenvalue weighted by Gasteiger charge is 2.27. The SMILES string of the molecule is CCC(C(O)c1ccccc1)n1c(C)nc2c1CCCC2. The Morgan fingerprint density at radius 1 is 1.19 bits per heavy atom. The number of nitrogens with zero attached hydrogens (tertiary/aromatic N) is 2. The van der Waals surface area contributed by atoms with E-state index in [1.807, 2.05) is 30.3 Å². The molecular formula is C18H24N2O. The van der Waals surface area contributed by atoms with Gasteiger partial charge in [0.05, 0.1) is 17.8 Å². The van der Waals surface area contributed by atoms with Gasteiger partial charge in [-0.25, -0.2) is 4.98 Å². The Labute approximate surface area is 126 Å². The van der Waals surface area contributed by atoms with Crippen LogP contribution in [0.25, 0.3) is 0 Å². The van der Waals surface area contributed by atoms with Gasteiger partial charge in [-0.2, -0.15) is 0 Å². The van der Waals surface area contributed by atoms with Crippen LogP contribution >= 0.6 is 0 Å². The molecule has 21 heavy (non-hydrogen) atoms. The molecule has 3 heteroatoms. The summed E-state index contributed by atoms with van der Waals surface area (Å²) in [5.41, 5.74) is 3.58. The van der Waals surface area contributed by atoms with Crippen molar-refractivity contribution in [3.8, 4) is 0 Å². The molecule has 0 fully saturated rings. The Morgan fingerprint density at radius 3 is 2.62 bits per heavy atom. The topological polar surface area (TPSA) is 38.0 Å². The molecule has 1 heterocycles. The Balaban J connectivity index is 1.99. The largest absolute Gasteiger partial charge is 0.386 e. The lowest BCUT2D eigenvalue weighted by Gasteiger charge is -2.27. The van der Waals surface area contributed by atoms with Gasteiger partial charge < -0.3 is 9.67 Å². The summed E-state index contributed by atoms with van der Waals surface area (Å²) in [7, 11) is 0. The van der Waals surface area contributed by atoms with Gasteiger partial charge >= 0.3 is 0 Å². The Bertz CT molecular complexity index is 603. The lowest BCUT2D eigenvalue weighted by atomic mass is 9.97. The summed E-state index contributed by atoms with van der Waals surface area (Å²) < 4.78 is 2.30. The molecule has 0 aliphatic heterocycles. The van der Waals surface area contributed by atoms with Gasteiger partial charge in [0.15, 0.2) is 0 Å². The van der Waals surface area contributed by atoms with Crippen molar-refractivity contribution in [2.24, 2.45) is 0 Å². The van der Waals surface area contributed by atoms with Crippen LogP contribution in [-0.2, 0) is 12.8 Å². The molecule has 0 radical (unpaired) electrons. The third kappa shape index (κ3) is 2.62. The molecule has 2 unspecified atom stereocenters. The summed E-state index contributed by atoms with van der Waals surface area (Å²) in [6, 6.07) is 10.0. The molecule has 2 aromatic rings. The van der Waals surface area contributed by atoms with E-state index in [0.29, 0.717) is 0 Å². The maximum absolute atomic E-state index is 10.8. The standard InChI is InChI=1S/C18H24N2O/c1-3-16(18(21)14-9-5-4-6-10-14)20-13(2)19-15-11-7-8-12-17(15)20/h4-6,9-10,16,18,21H,3,7-8,11-12H2,1-2H3. The smallest absolute Gasteiger partial charge is 0.106 e. The highest BCUT2D eigenvalue weighted by molar-refractivity contribution is 5.24. The van der Waals surface area contributed by atoms with E-state index < -0.39 is 6.10 Å². The van der Waals surface area contributed by atoms with Gasteiger partial charge in [0.25, 0.3) is 0 Å². The number of aryl methyl sites for hydroxylation is 2. The van der Waals surface area contributed by atoms with Crippen LogP contribution < -0.4 is 0 Å². The van der Waals surface area contributed by atoms with Crippen molar-refractivity contribution in [2.45, 2.75) is 58.1 Å². The van der Waals surface area contributed by atoms with E-state index in [0.717, 1.165) is 30.7 Å². The van der Waals surface area contributed by atoms with E-state index in [-0.39, 0.29) is 6.04 Å². The monoisotopic (exact) mass is 284 g/mol. The molecular weight excluding hydrogens is 260 g/mol. The van der Waals surface area contributed by atoms with Crippen molar-refractivity contribution in [3.63, 3.8) is 0 Å². The van der Waals surface area contributed by atoms with Crippen LogP contribution in [0.3, 0.4) is 0 Å². The maximum Gasteiger partial charge on any atom is 0.106 e. The zero-order chi connectivity index (χ0) is 14.8. The molecule has 0 spiro atoms.